The molecule has 1 heterocycles. The molecule has 0 bridgehead atoms. The smallest absolute Gasteiger partial charge is 0.237 e. The molecule has 1 aliphatic rings. The Hall–Kier alpha value is -1.66. The topological polar surface area (TPSA) is 70.6 Å². The van der Waals surface area contributed by atoms with Crippen molar-refractivity contribution in [3.05, 3.63) is 30.1 Å². The number of hydrogen-bond acceptors (Lipinski definition) is 4. The van der Waals surface area contributed by atoms with Gasteiger partial charge in [0.1, 0.15) is 24.3 Å². The van der Waals surface area contributed by atoms with Crippen LogP contribution in [-0.2, 0) is 4.79 Å². The van der Waals surface area contributed by atoms with Crippen molar-refractivity contribution < 1.29 is 19.0 Å². The van der Waals surface area contributed by atoms with Crippen LogP contribution in [-0.4, -0.2) is 42.9 Å². The Balaban J connectivity index is 1.65. The third-order valence-electron chi connectivity index (χ3n) is 3.39. The van der Waals surface area contributed by atoms with E-state index in [1.807, 2.05) is 0 Å². The summed E-state index contributed by atoms with van der Waals surface area (Å²) in [7, 11) is 0. The summed E-state index contributed by atoms with van der Waals surface area (Å²) >= 11 is 0. The number of carbonyl (C=O) groups excluding carboxylic acids is 1. The van der Waals surface area contributed by atoms with E-state index in [4.69, 9.17) is 4.74 Å². The van der Waals surface area contributed by atoms with E-state index < -0.39 is 6.10 Å². The molecule has 1 aliphatic heterocycles. The second-order valence-corrected chi connectivity index (χ2v) is 5.17. The fraction of sp³-hybridized carbons (Fsp3) is 0.533. The minimum absolute atomic E-state index is 0.0456. The third kappa shape index (κ3) is 5.32. The fourth-order valence-electron chi connectivity index (χ4n) is 2.20. The Morgan fingerprint density at radius 2 is 2.19 bits per heavy atom. The first-order valence-corrected chi connectivity index (χ1v) is 7.22. The number of hydrogen-bond donors (Lipinski definition) is 3. The molecule has 2 atom stereocenters. The standard InChI is InChI=1S/C15H21FN2O3/c16-11-4-6-13(7-5-11)21-10-12(19)9-18-15(20)14-3-1-2-8-17-14/h4-7,12,14,17,19H,1-3,8-10H2,(H,18,20)/t12?,14-/m1/s1. The van der Waals surface area contributed by atoms with E-state index in [1.165, 1.54) is 24.3 Å². The molecular weight excluding hydrogens is 275 g/mol. The zero-order chi connectivity index (χ0) is 15.1. The summed E-state index contributed by atoms with van der Waals surface area (Å²) in [6, 6.07) is 5.40. The summed E-state index contributed by atoms with van der Waals surface area (Å²) in [6.45, 7) is 1.04. The lowest BCUT2D eigenvalue weighted by Crippen LogP contribution is -2.48. The molecule has 1 fully saturated rings. The summed E-state index contributed by atoms with van der Waals surface area (Å²) in [5, 5.41) is 15.6. The molecule has 5 nitrogen and oxygen atoms in total. The van der Waals surface area contributed by atoms with Crippen molar-refractivity contribution in [2.45, 2.75) is 31.4 Å². The molecular formula is C15H21FN2O3. The number of aliphatic hydroxyl groups excluding tert-OH is 1. The maximum absolute atomic E-state index is 12.7. The van der Waals surface area contributed by atoms with Crippen LogP contribution in [0.1, 0.15) is 19.3 Å². The minimum Gasteiger partial charge on any atom is -0.491 e. The van der Waals surface area contributed by atoms with Crippen molar-refractivity contribution >= 4 is 5.91 Å². The first-order chi connectivity index (χ1) is 10.1. The molecule has 0 aliphatic carbocycles. The highest BCUT2D eigenvalue weighted by Crippen LogP contribution is 2.11. The Bertz CT molecular complexity index is 447. The maximum atomic E-state index is 12.7. The fourth-order valence-corrected chi connectivity index (χ4v) is 2.20. The van der Waals surface area contributed by atoms with Gasteiger partial charge < -0.3 is 20.5 Å². The largest absolute Gasteiger partial charge is 0.491 e. The van der Waals surface area contributed by atoms with Crippen LogP contribution in [0.3, 0.4) is 0 Å². The average molecular weight is 296 g/mol. The monoisotopic (exact) mass is 296 g/mol. The molecule has 0 aromatic heterocycles. The highest BCUT2D eigenvalue weighted by molar-refractivity contribution is 5.81. The van der Waals surface area contributed by atoms with Crippen LogP contribution in [0.5, 0.6) is 5.75 Å². The number of aliphatic hydroxyl groups is 1. The van der Waals surface area contributed by atoms with Gasteiger partial charge in [0.15, 0.2) is 0 Å². The van der Waals surface area contributed by atoms with Gasteiger partial charge in [-0.3, -0.25) is 4.79 Å². The van der Waals surface area contributed by atoms with Crippen molar-refractivity contribution in [2.24, 2.45) is 0 Å². The highest BCUT2D eigenvalue weighted by atomic mass is 19.1. The summed E-state index contributed by atoms with van der Waals surface area (Å²) in [6.07, 6.45) is 2.16. The van der Waals surface area contributed by atoms with E-state index in [9.17, 15) is 14.3 Å². The normalized spacial score (nSPS) is 19.8. The zero-order valence-electron chi connectivity index (χ0n) is 11.8. The molecule has 1 amide bonds. The number of nitrogens with one attached hydrogen (secondary N) is 2. The number of ether oxygens (including phenoxy) is 1. The predicted octanol–water partition coefficient (Wildman–Crippen LogP) is 0.824. The lowest BCUT2D eigenvalue weighted by atomic mass is 10.0. The van der Waals surface area contributed by atoms with E-state index in [2.05, 4.69) is 10.6 Å². The molecule has 0 spiro atoms. The van der Waals surface area contributed by atoms with Crippen molar-refractivity contribution in [3.63, 3.8) is 0 Å². The molecule has 21 heavy (non-hydrogen) atoms. The van der Waals surface area contributed by atoms with Crippen molar-refractivity contribution in [3.8, 4) is 5.75 Å². The van der Waals surface area contributed by atoms with Crippen molar-refractivity contribution in [2.75, 3.05) is 19.7 Å². The van der Waals surface area contributed by atoms with Gasteiger partial charge in [-0.15, -0.1) is 0 Å². The predicted molar refractivity (Wildman–Crippen MR) is 76.6 cm³/mol. The molecule has 0 saturated carbocycles. The van der Waals surface area contributed by atoms with E-state index in [1.54, 1.807) is 0 Å². The van der Waals surface area contributed by atoms with Gasteiger partial charge in [0.05, 0.1) is 6.04 Å². The molecule has 2 rings (SSSR count). The van der Waals surface area contributed by atoms with Gasteiger partial charge in [-0.05, 0) is 43.7 Å². The molecule has 1 aromatic rings. The summed E-state index contributed by atoms with van der Waals surface area (Å²) in [5.41, 5.74) is 0. The van der Waals surface area contributed by atoms with Crippen LogP contribution in [0.15, 0.2) is 24.3 Å². The van der Waals surface area contributed by atoms with Crippen LogP contribution < -0.4 is 15.4 Å². The highest BCUT2D eigenvalue weighted by Gasteiger charge is 2.20. The van der Waals surface area contributed by atoms with Crippen LogP contribution in [0.4, 0.5) is 4.39 Å². The first kappa shape index (κ1) is 15.7. The van der Waals surface area contributed by atoms with Crippen molar-refractivity contribution in [1.82, 2.24) is 10.6 Å². The number of benzene rings is 1. The average Bonchev–Trinajstić information content (AvgIpc) is 2.53. The van der Waals surface area contributed by atoms with Gasteiger partial charge in [-0.1, -0.05) is 6.42 Å². The van der Waals surface area contributed by atoms with Crippen LogP contribution >= 0.6 is 0 Å². The molecule has 116 valence electrons. The quantitative estimate of drug-likeness (QED) is 0.727. The Labute approximate surface area is 123 Å². The number of carbonyl (C=O) groups is 1. The first-order valence-electron chi connectivity index (χ1n) is 7.22. The Morgan fingerprint density at radius 1 is 1.43 bits per heavy atom. The summed E-state index contributed by atoms with van der Waals surface area (Å²) < 4.78 is 18.0. The SMILES string of the molecule is O=C(NCC(O)COc1ccc(F)cc1)[C@H]1CCCCN1. The van der Waals surface area contributed by atoms with Gasteiger partial charge in [0.2, 0.25) is 5.91 Å². The number of amides is 1. The number of rotatable bonds is 6. The zero-order valence-corrected chi connectivity index (χ0v) is 11.8. The molecule has 0 radical (unpaired) electrons. The molecule has 1 unspecified atom stereocenters. The second kappa shape index (κ2) is 7.95. The Morgan fingerprint density at radius 3 is 2.86 bits per heavy atom. The summed E-state index contributed by atoms with van der Waals surface area (Å²) in [5.74, 6) is 0.0569. The van der Waals surface area contributed by atoms with Gasteiger partial charge >= 0.3 is 0 Å². The van der Waals surface area contributed by atoms with Gasteiger partial charge in [-0.2, -0.15) is 0 Å². The van der Waals surface area contributed by atoms with E-state index >= 15 is 0 Å². The van der Waals surface area contributed by atoms with E-state index in [0.717, 1.165) is 25.8 Å². The summed E-state index contributed by atoms with van der Waals surface area (Å²) in [4.78, 5) is 11.8. The minimum atomic E-state index is -0.803. The second-order valence-electron chi connectivity index (χ2n) is 5.17. The molecule has 6 heteroatoms. The van der Waals surface area contributed by atoms with Crippen molar-refractivity contribution in [1.29, 1.82) is 0 Å². The van der Waals surface area contributed by atoms with E-state index in [-0.39, 0.29) is 30.9 Å². The molecule has 1 saturated heterocycles. The lowest BCUT2D eigenvalue weighted by Gasteiger charge is -2.23. The maximum Gasteiger partial charge on any atom is 0.237 e. The van der Waals surface area contributed by atoms with Gasteiger partial charge in [0.25, 0.3) is 0 Å². The third-order valence-corrected chi connectivity index (χ3v) is 3.39. The van der Waals surface area contributed by atoms with Crippen LogP contribution in [0.2, 0.25) is 0 Å². The van der Waals surface area contributed by atoms with Gasteiger partial charge in [-0.25, -0.2) is 4.39 Å². The molecule has 1 aromatic carbocycles. The van der Waals surface area contributed by atoms with Gasteiger partial charge in [0, 0.05) is 6.54 Å². The lowest BCUT2D eigenvalue weighted by molar-refractivity contribution is -0.124. The molecule has 3 N–H and O–H groups in total. The van der Waals surface area contributed by atoms with E-state index in [0.29, 0.717) is 5.75 Å². The Kier molecular flexibility index (Phi) is 5.95. The van der Waals surface area contributed by atoms with Crippen LogP contribution in [0.25, 0.3) is 0 Å². The number of piperidine rings is 1. The number of halogens is 1. The van der Waals surface area contributed by atoms with Crippen LogP contribution in [0, 0.1) is 5.82 Å².